The summed E-state index contributed by atoms with van der Waals surface area (Å²) in [5.74, 6) is -0.249. The van der Waals surface area contributed by atoms with Gasteiger partial charge < -0.3 is 14.6 Å². The number of anilines is 1. The molecule has 1 saturated heterocycles. The Kier molecular flexibility index (Phi) is 7.06. The first-order valence-corrected chi connectivity index (χ1v) is 12.6. The van der Waals surface area contributed by atoms with Gasteiger partial charge in [0.25, 0.3) is 5.56 Å². The summed E-state index contributed by atoms with van der Waals surface area (Å²) in [4.78, 5) is 22.6. The molecule has 190 valence electrons. The molecule has 1 atom stereocenters. The van der Waals surface area contributed by atoms with Crippen LogP contribution in [0.2, 0.25) is 0 Å². The number of pyridine rings is 2. The summed E-state index contributed by atoms with van der Waals surface area (Å²) in [6.45, 7) is 6.60. The molecular formula is C30H31FN4O2. The van der Waals surface area contributed by atoms with Crippen molar-refractivity contribution in [1.82, 2.24) is 14.5 Å². The van der Waals surface area contributed by atoms with Crippen LogP contribution < -0.4 is 10.5 Å². The van der Waals surface area contributed by atoms with E-state index < -0.39 is 6.04 Å². The lowest BCUT2D eigenvalue weighted by atomic mass is 9.95. The molecule has 0 aliphatic carbocycles. The Bertz CT molecular complexity index is 1430. The summed E-state index contributed by atoms with van der Waals surface area (Å²) in [5, 5.41) is 11.1. The van der Waals surface area contributed by atoms with E-state index in [2.05, 4.69) is 9.88 Å². The van der Waals surface area contributed by atoms with Gasteiger partial charge in [-0.2, -0.15) is 0 Å². The summed E-state index contributed by atoms with van der Waals surface area (Å²) < 4.78 is 16.1. The van der Waals surface area contributed by atoms with Crippen molar-refractivity contribution in [2.75, 3.05) is 31.1 Å². The second kappa shape index (κ2) is 10.6. The van der Waals surface area contributed by atoms with Gasteiger partial charge in [0.1, 0.15) is 11.6 Å². The van der Waals surface area contributed by atoms with Gasteiger partial charge in [-0.05, 0) is 49.7 Å². The second-order valence-corrected chi connectivity index (χ2v) is 9.58. The number of hydrogen-bond acceptors (Lipinski definition) is 5. The van der Waals surface area contributed by atoms with Crippen LogP contribution in [-0.2, 0) is 6.54 Å². The predicted octanol–water partition coefficient (Wildman–Crippen LogP) is 4.66. The van der Waals surface area contributed by atoms with Crippen molar-refractivity contribution in [2.24, 2.45) is 0 Å². The minimum Gasteiger partial charge on any atom is -0.507 e. The lowest BCUT2D eigenvalue weighted by Crippen LogP contribution is -2.49. The van der Waals surface area contributed by atoms with Crippen LogP contribution in [0.15, 0.2) is 83.8 Å². The topological polar surface area (TPSA) is 61.6 Å². The predicted molar refractivity (Wildman–Crippen MR) is 144 cm³/mol. The zero-order valence-electron chi connectivity index (χ0n) is 21.1. The molecule has 0 amide bonds. The molecule has 0 saturated carbocycles. The fourth-order valence-corrected chi connectivity index (χ4v) is 5.11. The Morgan fingerprint density at radius 3 is 2.32 bits per heavy atom. The largest absolute Gasteiger partial charge is 0.507 e. The number of benzene rings is 2. The lowest BCUT2D eigenvalue weighted by Gasteiger charge is -2.40. The van der Waals surface area contributed by atoms with Crippen LogP contribution in [0.4, 0.5) is 10.1 Å². The molecule has 1 N–H and O–H groups in total. The lowest BCUT2D eigenvalue weighted by molar-refractivity contribution is 0.207. The van der Waals surface area contributed by atoms with Crippen LogP contribution in [-0.4, -0.2) is 45.7 Å². The number of rotatable bonds is 6. The Labute approximate surface area is 216 Å². The quantitative estimate of drug-likeness (QED) is 0.419. The van der Waals surface area contributed by atoms with Crippen molar-refractivity contribution in [3.05, 3.63) is 123 Å². The van der Waals surface area contributed by atoms with Crippen LogP contribution in [0, 0.1) is 19.7 Å². The summed E-state index contributed by atoms with van der Waals surface area (Å²) >= 11 is 0. The van der Waals surface area contributed by atoms with E-state index in [4.69, 9.17) is 0 Å². The van der Waals surface area contributed by atoms with E-state index >= 15 is 0 Å². The van der Waals surface area contributed by atoms with E-state index in [1.165, 1.54) is 6.07 Å². The number of hydrogen-bond donors (Lipinski definition) is 1. The maximum atomic E-state index is 14.4. The summed E-state index contributed by atoms with van der Waals surface area (Å²) in [5.41, 5.74) is 4.21. The van der Waals surface area contributed by atoms with Crippen LogP contribution in [0.3, 0.4) is 0 Å². The summed E-state index contributed by atoms with van der Waals surface area (Å²) in [6.07, 6.45) is 1.71. The standard InChI is InChI=1S/C30H31FN4O2/c1-21-10-12-23(13-11-21)29(34-17-15-33(16-18-34)26-9-4-3-8-25(26)31)28-27(36)19-22(2)35(30(28)37)20-24-7-5-6-14-32-24/h3-14,19,29,36H,15-18,20H2,1-2H3/t29-/m1/s1. The average molecular weight is 499 g/mol. The third-order valence-electron chi connectivity index (χ3n) is 7.11. The van der Waals surface area contributed by atoms with Crippen molar-refractivity contribution in [3.63, 3.8) is 0 Å². The highest BCUT2D eigenvalue weighted by molar-refractivity contribution is 5.48. The first-order valence-electron chi connectivity index (χ1n) is 12.6. The Hall–Kier alpha value is -3.97. The smallest absolute Gasteiger partial charge is 0.260 e. The van der Waals surface area contributed by atoms with Gasteiger partial charge in [-0.1, -0.05) is 48.0 Å². The molecule has 7 heteroatoms. The SMILES string of the molecule is Cc1ccc([C@H](c2c(O)cc(C)n(Cc3ccccn3)c2=O)N2CCN(c3ccccc3F)CC2)cc1. The number of aromatic hydroxyl groups is 1. The molecule has 37 heavy (non-hydrogen) atoms. The third kappa shape index (κ3) is 5.13. The number of aryl methyl sites for hydroxylation is 2. The molecule has 5 rings (SSSR count). The highest BCUT2D eigenvalue weighted by Gasteiger charge is 2.32. The zero-order valence-corrected chi connectivity index (χ0v) is 21.1. The molecule has 1 aliphatic heterocycles. The van der Waals surface area contributed by atoms with E-state index in [0.717, 1.165) is 16.8 Å². The molecular weight excluding hydrogens is 467 g/mol. The molecule has 1 aliphatic rings. The first-order chi connectivity index (χ1) is 17.9. The van der Waals surface area contributed by atoms with Gasteiger partial charge in [-0.3, -0.25) is 14.7 Å². The number of halogens is 1. The molecule has 0 unspecified atom stereocenters. The van der Waals surface area contributed by atoms with Gasteiger partial charge in [-0.25, -0.2) is 4.39 Å². The van der Waals surface area contributed by atoms with E-state index in [-0.39, 0.29) is 17.1 Å². The summed E-state index contributed by atoms with van der Waals surface area (Å²) in [7, 11) is 0. The van der Waals surface area contributed by atoms with Crippen molar-refractivity contribution in [2.45, 2.75) is 26.4 Å². The minimum absolute atomic E-state index is 0.0121. The third-order valence-corrected chi connectivity index (χ3v) is 7.11. The van der Waals surface area contributed by atoms with E-state index in [0.29, 0.717) is 49.7 Å². The van der Waals surface area contributed by atoms with Crippen LogP contribution in [0.25, 0.3) is 0 Å². The minimum atomic E-state index is -0.438. The highest BCUT2D eigenvalue weighted by Crippen LogP contribution is 2.34. The number of piperazine rings is 1. The van der Waals surface area contributed by atoms with Crippen molar-refractivity contribution < 1.29 is 9.50 Å². The maximum Gasteiger partial charge on any atom is 0.260 e. The monoisotopic (exact) mass is 498 g/mol. The van der Waals surface area contributed by atoms with Gasteiger partial charge in [0.2, 0.25) is 0 Å². The van der Waals surface area contributed by atoms with Gasteiger partial charge in [0.05, 0.1) is 29.5 Å². The van der Waals surface area contributed by atoms with Gasteiger partial charge in [0.15, 0.2) is 0 Å². The van der Waals surface area contributed by atoms with Crippen molar-refractivity contribution >= 4 is 5.69 Å². The molecule has 3 heterocycles. The van der Waals surface area contributed by atoms with Crippen molar-refractivity contribution in [1.29, 1.82) is 0 Å². The van der Waals surface area contributed by atoms with Crippen LogP contribution in [0.1, 0.15) is 34.1 Å². The second-order valence-electron chi connectivity index (χ2n) is 9.58. The zero-order chi connectivity index (χ0) is 25.9. The molecule has 0 bridgehead atoms. The Morgan fingerprint density at radius 2 is 1.65 bits per heavy atom. The molecule has 4 aromatic rings. The number of aromatic nitrogens is 2. The van der Waals surface area contributed by atoms with E-state index in [9.17, 15) is 14.3 Å². The number of nitrogens with zero attached hydrogens (tertiary/aromatic N) is 4. The molecule has 1 fully saturated rings. The van der Waals surface area contributed by atoms with Crippen LogP contribution in [0.5, 0.6) is 5.75 Å². The van der Waals surface area contributed by atoms with Gasteiger partial charge >= 0.3 is 0 Å². The van der Waals surface area contributed by atoms with Crippen molar-refractivity contribution in [3.8, 4) is 5.75 Å². The average Bonchev–Trinajstić information content (AvgIpc) is 2.91. The molecule has 0 spiro atoms. The van der Waals surface area contributed by atoms with E-state index in [1.807, 2.05) is 67.3 Å². The Morgan fingerprint density at radius 1 is 0.946 bits per heavy atom. The van der Waals surface area contributed by atoms with Gasteiger partial charge in [0, 0.05) is 38.1 Å². The molecule has 2 aromatic carbocycles. The first kappa shape index (κ1) is 24.7. The molecule has 6 nitrogen and oxygen atoms in total. The highest BCUT2D eigenvalue weighted by atomic mass is 19.1. The Balaban J connectivity index is 1.53. The van der Waals surface area contributed by atoms with E-state index in [1.54, 1.807) is 29.0 Å². The molecule has 0 radical (unpaired) electrons. The fourth-order valence-electron chi connectivity index (χ4n) is 5.11. The van der Waals surface area contributed by atoms with Crippen LogP contribution >= 0.6 is 0 Å². The normalized spacial score (nSPS) is 15.1. The maximum absolute atomic E-state index is 14.4. The fraction of sp³-hybridized carbons (Fsp3) is 0.267. The number of para-hydroxylation sites is 1. The van der Waals surface area contributed by atoms with Gasteiger partial charge in [-0.15, -0.1) is 0 Å². The molecule has 2 aromatic heterocycles. The summed E-state index contributed by atoms with van der Waals surface area (Å²) in [6, 6.07) is 21.7.